The Bertz CT molecular complexity index is 583. The standard InChI is InChI=1S/C13H24N4O4S/c1-11-10-12(15-21-11)14-13(18)6-9-17(22(4,19)20)8-5-7-16(2)3/h10H,5-9H2,1-4H3,(H,14,15,18). The van der Waals surface area contributed by atoms with E-state index in [1.165, 1.54) is 4.31 Å². The van der Waals surface area contributed by atoms with Crippen LogP contribution < -0.4 is 5.32 Å². The van der Waals surface area contributed by atoms with Gasteiger partial charge in [-0.05, 0) is 34.0 Å². The van der Waals surface area contributed by atoms with Gasteiger partial charge in [-0.3, -0.25) is 4.79 Å². The number of sulfonamides is 1. The fraction of sp³-hybridized carbons (Fsp3) is 0.692. The van der Waals surface area contributed by atoms with Crippen molar-refractivity contribution in [3.8, 4) is 0 Å². The van der Waals surface area contributed by atoms with Crippen LogP contribution in [0.4, 0.5) is 5.82 Å². The van der Waals surface area contributed by atoms with Crippen molar-refractivity contribution in [1.82, 2.24) is 14.4 Å². The zero-order valence-electron chi connectivity index (χ0n) is 13.5. The highest BCUT2D eigenvalue weighted by Crippen LogP contribution is 2.08. The second kappa shape index (κ2) is 8.25. The summed E-state index contributed by atoms with van der Waals surface area (Å²) in [5, 5.41) is 6.23. The second-order valence-electron chi connectivity index (χ2n) is 5.44. The van der Waals surface area contributed by atoms with Crippen LogP contribution in [0.3, 0.4) is 0 Å². The predicted molar refractivity (Wildman–Crippen MR) is 84.1 cm³/mol. The average Bonchev–Trinajstić information content (AvgIpc) is 2.77. The van der Waals surface area contributed by atoms with Crippen LogP contribution in [0.5, 0.6) is 0 Å². The molecule has 0 aromatic carbocycles. The lowest BCUT2D eigenvalue weighted by molar-refractivity contribution is -0.116. The first-order valence-corrected chi connectivity index (χ1v) is 8.86. The minimum absolute atomic E-state index is 0.0704. The van der Waals surface area contributed by atoms with Crippen LogP contribution in [0.2, 0.25) is 0 Å². The summed E-state index contributed by atoms with van der Waals surface area (Å²) in [6.07, 6.45) is 1.94. The highest BCUT2D eigenvalue weighted by atomic mass is 32.2. The predicted octanol–water partition coefficient (Wildman–Crippen LogP) is 0.525. The highest BCUT2D eigenvalue weighted by molar-refractivity contribution is 7.88. The summed E-state index contributed by atoms with van der Waals surface area (Å²) in [6.45, 7) is 3.05. The van der Waals surface area contributed by atoms with Gasteiger partial charge in [0.1, 0.15) is 5.76 Å². The molecule has 0 aliphatic carbocycles. The highest BCUT2D eigenvalue weighted by Gasteiger charge is 2.18. The van der Waals surface area contributed by atoms with E-state index in [0.29, 0.717) is 24.5 Å². The molecule has 1 amide bonds. The molecule has 9 heteroatoms. The van der Waals surface area contributed by atoms with E-state index < -0.39 is 10.0 Å². The van der Waals surface area contributed by atoms with Crippen LogP contribution >= 0.6 is 0 Å². The first-order chi connectivity index (χ1) is 10.2. The third kappa shape index (κ3) is 7.01. The Morgan fingerprint density at radius 1 is 1.32 bits per heavy atom. The number of amides is 1. The summed E-state index contributed by atoms with van der Waals surface area (Å²) < 4.78 is 29.6. The average molecular weight is 332 g/mol. The van der Waals surface area contributed by atoms with Crippen LogP contribution in [0.1, 0.15) is 18.6 Å². The number of nitrogens with zero attached hydrogens (tertiary/aromatic N) is 3. The van der Waals surface area contributed by atoms with Gasteiger partial charge in [0, 0.05) is 25.6 Å². The fourth-order valence-electron chi connectivity index (χ4n) is 1.86. The number of anilines is 1. The molecule has 0 fully saturated rings. The fourth-order valence-corrected chi connectivity index (χ4v) is 2.75. The van der Waals surface area contributed by atoms with Crippen LogP contribution in [0.15, 0.2) is 10.6 Å². The number of carbonyl (C=O) groups is 1. The van der Waals surface area contributed by atoms with Gasteiger partial charge < -0.3 is 14.7 Å². The molecule has 22 heavy (non-hydrogen) atoms. The number of carbonyl (C=O) groups excluding carboxylic acids is 1. The van der Waals surface area contributed by atoms with Crippen LogP contribution in [0, 0.1) is 6.92 Å². The minimum Gasteiger partial charge on any atom is -0.360 e. The van der Waals surface area contributed by atoms with Crippen molar-refractivity contribution in [1.29, 1.82) is 0 Å². The monoisotopic (exact) mass is 332 g/mol. The molecule has 0 unspecified atom stereocenters. The number of aromatic nitrogens is 1. The molecule has 1 aromatic heterocycles. The minimum atomic E-state index is -3.33. The summed E-state index contributed by atoms with van der Waals surface area (Å²) >= 11 is 0. The smallest absolute Gasteiger partial charge is 0.226 e. The third-order valence-electron chi connectivity index (χ3n) is 2.97. The quantitative estimate of drug-likeness (QED) is 0.708. The summed E-state index contributed by atoms with van der Waals surface area (Å²) in [5.41, 5.74) is 0. The zero-order valence-corrected chi connectivity index (χ0v) is 14.3. The number of hydrogen-bond donors (Lipinski definition) is 1. The van der Waals surface area contributed by atoms with Gasteiger partial charge in [0.25, 0.3) is 0 Å². The van der Waals surface area contributed by atoms with Gasteiger partial charge in [-0.1, -0.05) is 5.16 Å². The van der Waals surface area contributed by atoms with Gasteiger partial charge >= 0.3 is 0 Å². The van der Waals surface area contributed by atoms with E-state index >= 15 is 0 Å². The first kappa shape index (κ1) is 18.6. The number of rotatable bonds is 9. The molecule has 1 rings (SSSR count). The summed E-state index contributed by atoms with van der Waals surface area (Å²) in [5.74, 6) is 0.632. The maximum Gasteiger partial charge on any atom is 0.226 e. The Hall–Kier alpha value is -1.45. The first-order valence-electron chi connectivity index (χ1n) is 7.01. The number of nitrogens with one attached hydrogen (secondary N) is 1. The van der Waals surface area contributed by atoms with E-state index in [-0.39, 0.29) is 18.9 Å². The molecule has 0 saturated carbocycles. The lowest BCUT2D eigenvalue weighted by atomic mass is 10.3. The van der Waals surface area contributed by atoms with E-state index in [9.17, 15) is 13.2 Å². The molecule has 0 saturated heterocycles. The van der Waals surface area contributed by atoms with E-state index in [2.05, 4.69) is 10.5 Å². The van der Waals surface area contributed by atoms with Crippen molar-refractivity contribution < 1.29 is 17.7 Å². The molecular formula is C13H24N4O4S. The molecule has 1 heterocycles. The van der Waals surface area contributed by atoms with Gasteiger partial charge in [0.05, 0.1) is 6.26 Å². The SMILES string of the molecule is Cc1cc(NC(=O)CCN(CCCN(C)C)S(C)(=O)=O)no1. The third-order valence-corrected chi connectivity index (χ3v) is 4.27. The van der Waals surface area contributed by atoms with E-state index in [0.717, 1.165) is 12.8 Å². The number of hydrogen-bond acceptors (Lipinski definition) is 6. The molecule has 0 bridgehead atoms. The normalized spacial score (nSPS) is 12.1. The lowest BCUT2D eigenvalue weighted by Crippen LogP contribution is -2.35. The topological polar surface area (TPSA) is 95.8 Å². The molecule has 1 N–H and O–H groups in total. The molecular weight excluding hydrogens is 308 g/mol. The molecule has 0 aliphatic rings. The molecule has 0 spiro atoms. The van der Waals surface area contributed by atoms with Gasteiger partial charge in [-0.2, -0.15) is 0 Å². The molecule has 0 aliphatic heterocycles. The molecule has 126 valence electrons. The van der Waals surface area contributed by atoms with Gasteiger partial charge in [-0.25, -0.2) is 12.7 Å². The van der Waals surface area contributed by atoms with Gasteiger partial charge in [-0.15, -0.1) is 0 Å². The summed E-state index contributed by atoms with van der Waals surface area (Å²) in [6, 6.07) is 1.60. The zero-order chi connectivity index (χ0) is 16.8. The summed E-state index contributed by atoms with van der Waals surface area (Å²) in [7, 11) is 0.531. The van der Waals surface area contributed by atoms with Gasteiger partial charge in [0.2, 0.25) is 15.9 Å². The van der Waals surface area contributed by atoms with Crippen molar-refractivity contribution in [2.75, 3.05) is 45.3 Å². The maximum atomic E-state index is 11.8. The Labute approximate surface area is 131 Å². The Morgan fingerprint density at radius 2 is 2.00 bits per heavy atom. The molecule has 1 aromatic rings. The van der Waals surface area contributed by atoms with Crippen LogP contribution in [-0.2, 0) is 14.8 Å². The lowest BCUT2D eigenvalue weighted by Gasteiger charge is -2.20. The largest absolute Gasteiger partial charge is 0.360 e. The van der Waals surface area contributed by atoms with Crippen molar-refractivity contribution in [2.45, 2.75) is 19.8 Å². The number of aryl methyl sites for hydroxylation is 1. The van der Waals surface area contributed by atoms with Crippen LogP contribution in [-0.4, -0.2) is 68.7 Å². The second-order valence-corrected chi connectivity index (χ2v) is 7.42. The van der Waals surface area contributed by atoms with E-state index in [1.54, 1.807) is 13.0 Å². The maximum absolute atomic E-state index is 11.8. The molecule has 8 nitrogen and oxygen atoms in total. The molecule has 0 radical (unpaired) electrons. The summed E-state index contributed by atoms with van der Waals surface area (Å²) in [4.78, 5) is 13.8. The van der Waals surface area contributed by atoms with Crippen molar-refractivity contribution in [3.05, 3.63) is 11.8 Å². The van der Waals surface area contributed by atoms with Crippen LogP contribution in [0.25, 0.3) is 0 Å². The van der Waals surface area contributed by atoms with Crippen molar-refractivity contribution in [3.63, 3.8) is 0 Å². The van der Waals surface area contributed by atoms with E-state index in [1.807, 2.05) is 19.0 Å². The Kier molecular flexibility index (Phi) is 6.98. The van der Waals surface area contributed by atoms with E-state index in [4.69, 9.17) is 4.52 Å². The Balaban J connectivity index is 2.46. The molecule has 0 atom stereocenters. The van der Waals surface area contributed by atoms with Gasteiger partial charge in [0.15, 0.2) is 5.82 Å². The van der Waals surface area contributed by atoms with Crippen molar-refractivity contribution in [2.24, 2.45) is 0 Å². The Morgan fingerprint density at radius 3 is 2.50 bits per heavy atom. The van der Waals surface area contributed by atoms with Crippen molar-refractivity contribution >= 4 is 21.7 Å².